The lowest BCUT2D eigenvalue weighted by molar-refractivity contribution is -0.112. The van der Waals surface area contributed by atoms with Gasteiger partial charge in [0.2, 0.25) is 0 Å². The molecule has 1 atom stereocenters. The van der Waals surface area contributed by atoms with Gasteiger partial charge >= 0.3 is 0 Å². The number of carbonyl (C=O) groups is 1. The topological polar surface area (TPSA) is 67.0 Å². The predicted molar refractivity (Wildman–Crippen MR) is 127 cm³/mol. The van der Waals surface area contributed by atoms with Crippen molar-refractivity contribution in [2.24, 2.45) is 0 Å². The summed E-state index contributed by atoms with van der Waals surface area (Å²) in [5, 5.41) is 12.5. The second-order valence-electron chi connectivity index (χ2n) is 7.32. The van der Waals surface area contributed by atoms with Gasteiger partial charge in [-0.1, -0.05) is 12.1 Å². The number of rotatable bonds is 7. The van der Waals surface area contributed by atoms with E-state index in [0.29, 0.717) is 16.9 Å². The minimum Gasteiger partial charge on any atom is -0.383 e. The molecule has 1 aromatic heterocycles. The molecule has 2 heterocycles. The minimum absolute atomic E-state index is 0.0877. The molecule has 1 unspecified atom stereocenters. The van der Waals surface area contributed by atoms with Gasteiger partial charge in [0.15, 0.2) is 0 Å². The van der Waals surface area contributed by atoms with Crippen molar-refractivity contribution in [1.82, 2.24) is 4.57 Å². The molecule has 5 nitrogen and oxygen atoms in total. The van der Waals surface area contributed by atoms with Crippen LogP contribution in [0.2, 0.25) is 0 Å². The van der Waals surface area contributed by atoms with E-state index in [1.165, 1.54) is 5.56 Å². The number of ether oxygens (including phenoxy) is 1. The highest BCUT2D eigenvalue weighted by atomic mass is 32.2. The van der Waals surface area contributed by atoms with Crippen LogP contribution >= 0.6 is 23.5 Å². The number of thioether (sulfide) groups is 2. The maximum absolute atomic E-state index is 12.8. The number of anilines is 1. The third-order valence-electron chi connectivity index (χ3n) is 5.08. The molecule has 2 aromatic rings. The number of benzene rings is 1. The third-order valence-corrected chi connectivity index (χ3v) is 8.18. The molecule has 1 aromatic carbocycles. The number of aryl methyl sites for hydroxylation is 1. The van der Waals surface area contributed by atoms with Crippen LogP contribution in [0.25, 0.3) is 6.08 Å². The molecular formula is C23H27N3O2S2. The summed E-state index contributed by atoms with van der Waals surface area (Å²) in [7, 11) is 1.68. The van der Waals surface area contributed by atoms with Crippen LogP contribution in [0.1, 0.15) is 40.1 Å². The lowest BCUT2D eigenvalue weighted by atomic mass is 10.1. The van der Waals surface area contributed by atoms with Crippen LogP contribution in [0.4, 0.5) is 5.69 Å². The molecule has 1 fully saturated rings. The quantitative estimate of drug-likeness (QED) is 0.464. The van der Waals surface area contributed by atoms with Crippen LogP contribution < -0.4 is 5.32 Å². The molecule has 158 valence electrons. The monoisotopic (exact) mass is 441 g/mol. The van der Waals surface area contributed by atoms with Crippen LogP contribution in [0.3, 0.4) is 0 Å². The third kappa shape index (κ3) is 5.12. The summed E-state index contributed by atoms with van der Waals surface area (Å²) < 4.78 is 7.85. The second kappa shape index (κ2) is 10.3. The first-order valence-electron chi connectivity index (χ1n) is 9.88. The fourth-order valence-corrected chi connectivity index (χ4v) is 6.60. The van der Waals surface area contributed by atoms with E-state index in [1.807, 2.05) is 61.6 Å². The first kappa shape index (κ1) is 22.5. The van der Waals surface area contributed by atoms with Gasteiger partial charge in [-0.2, -0.15) is 5.26 Å². The van der Waals surface area contributed by atoms with E-state index < -0.39 is 5.91 Å². The van der Waals surface area contributed by atoms with Gasteiger partial charge < -0.3 is 14.6 Å². The molecule has 0 saturated carbocycles. The van der Waals surface area contributed by atoms with Crippen molar-refractivity contribution in [3.63, 3.8) is 0 Å². The molecule has 3 rings (SSSR count). The molecule has 0 bridgehead atoms. The molecule has 30 heavy (non-hydrogen) atoms. The van der Waals surface area contributed by atoms with Gasteiger partial charge in [-0.25, -0.2) is 0 Å². The standard InChI is InChI=1S/C23H27N3O2S2/c1-15-10-19(17(3)26(15)16(2)14-28-4)11-20(13-24)22(27)25-21-7-5-6-18(12-21)23-29-8-9-30-23/h5-7,10-12,16,23H,8-9,14H2,1-4H3,(H,25,27)/b20-11+. The highest BCUT2D eigenvalue weighted by molar-refractivity contribution is 8.19. The van der Waals surface area contributed by atoms with Crippen LogP contribution in [0, 0.1) is 25.2 Å². The lowest BCUT2D eigenvalue weighted by Gasteiger charge is -2.17. The Morgan fingerprint density at radius 3 is 2.77 bits per heavy atom. The van der Waals surface area contributed by atoms with E-state index in [0.717, 1.165) is 28.5 Å². The number of aromatic nitrogens is 1. The van der Waals surface area contributed by atoms with E-state index in [4.69, 9.17) is 4.74 Å². The van der Waals surface area contributed by atoms with Crippen molar-refractivity contribution in [2.45, 2.75) is 31.4 Å². The average Bonchev–Trinajstić information content (AvgIpc) is 3.35. The SMILES string of the molecule is COCC(C)n1c(C)cc(/C=C(\C#N)C(=O)Nc2cccc(C3SCCS3)c2)c1C. The number of methoxy groups -OCH3 is 1. The van der Waals surface area contributed by atoms with Gasteiger partial charge in [0, 0.05) is 35.7 Å². The zero-order valence-electron chi connectivity index (χ0n) is 17.8. The Hall–Kier alpha value is -2.14. The van der Waals surface area contributed by atoms with Crippen molar-refractivity contribution in [1.29, 1.82) is 5.26 Å². The normalized spacial score (nSPS) is 15.8. The fraction of sp³-hybridized carbons (Fsp3) is 0.391. The second-order valence-corrected chi connectivity index (χ2v) is 10.0. The Balaban J connectivity index is 1.80. The summed E-state index contributed by atoms with van der Waals surface area (Å²) in [6, 6.07) is 12.1. The molecule has 0 aliphatic carbocycles. The molecule has 1 saturated heterocycles. The zero-order chi connectivity index (χ0) is 21.7. The van der Waals surface area contributed by atoms with Crippen LogP contribution in [0.15, 0.2) is 35.9 Å². The Kier molecular flexibility index (Phi) is 7.70. The lowest BCUT2D eigenvalue weighted by Crippen LogP contribution is -2.14. The first-order chi connectivity index (χ1) is 14.4. The highest BCUT2D eigenvalue weighted by Gasteiger charge is 2.19. The number of nitrogens with zero attached hydrogens (tertiary/aromatic N) is 2. The van der Waals surface area contributed by atoms with Gasteiger partial charge in [-0.15, -0.1) is 23.5 Å². The molecule has 1 aliphatic heterocycles. The van der Waals surface area contributed by atoms with Crippen molar-refractivity contribution in [3.8, 4) is 6.07 Å². The Morgan fingerprint density at radius 1 is 1.37 bits per heavy atom. The molecule has 1 N–H and O–H groups in total. The molecule has 0 spiro atoms. The Labute approximate surface area is 186 Å². The number of hydrogen-bond donors (Lipinski definition) is 1. The van der Waals surface area contributed by atoms with E-state index in [-0.39, 0.29) is 11.6 Å². The smallest absolute Gasteiger partial charge is 0.266 e. The maximum atomic E-state index is 12.8. The average molecular weight is 442 g/mol. The molecule has 1 aliphatic rings. The minimum atomic E-state index is -0.392. The van der Waals surface area contributed by atoms with E-state index in [2.05, 4.69) is 28.9 Å². The number of nitrogens with one attached hydrogen (secondary N) is 1. The number of hydrogen-bond acceptors (Lipinski definition) is 5. The van der Waals surface area contributed by atoms with E-state index >= 15 is 0 Å². The van der Waals surface area contributed by atoms with Gasteiger partial charge in [-0.3, -0.25) is 4.79 Å². The summed E-state index contributed by atoms with van der Waals surface area (Å²) in [6.07, 6.45) is 1.67. The Morgan fingerprint density at radius 2 is 2.10 bits per heavy atom. The van der Waals surface area contributed by atoms with Crippen molar-refractivity contribution < 1.29 is 9.53 Å². The summed E-state index contributed by atoms with van der Waals surface area (Å²) in [4.78, 5) is 12.8. The van der Waals surface area contributed by atoms with Crippen molar-refractivity contribution in [2.75, 3.05) is 30.5 Å². The summed E-state index contributed by atoms with van der Waals surface area (Å²) in [5.41, 5.74) is 4.94. The molecule has 0 radical (unpaired) electrons. The summed E-state index contributed by atoms with van der Waals surface area (Å²) in [5.74, 6) is 1.90. The van der Waals surface area contributed by atoms with Gasteiger partial charge in [0.05, 0.1) is 17.2 Å². The van der Waals surface area contributed by atoms with Crippen LogP contribution in [-0.4, -0.2) is 35.7 Å². The van der Waals surface area contributed by atoms with Gasteiger partial charge in [-0.05, 0) is 56.2 Å². The van der Waals surface area contributed by atoms with Crippen LogP contribution in [0.5, 0.6) is 0 Å². The Bertz CT molecular complexity index is 985. The van der Waals surface area contributed by atoms with Gasteiger partial charge in [0.25, 0.3) is 5.91 Å². The van der Waals surface area contributed by atoms with Crippen molar-refractivity contribution in [3.05, 3.63) is 58.4 Å². The fourth-order valence-electron chi connectivity index (χ4n) is 3.76. The first-order valence-corrected chi connectivity index (χ1v) is 12.0. The maximum Gasteiger partial charge on any atom is 0.266 e. The molecule has 7 heteroatoms. The predicted octanol–water partition coefficient (Wildman–Crippen LogP) is 5.34. The largest absolute Gasteiger partial charge is 0.383 e. The number of amides is 1. The molecular weight excluding hydrogens is 414 g/mol. The zero-order valence-corrected chi connectivity index (χ0v) is 19.4. The number of carbonyl (C=O) groups excluding carboxylic acids is 1. The summed E-state index contributed by atoms with van der Waals surface area (Å²) in [6.45, 7) is 6.70. The van der Waals surface area contributed by atoms with E-state index in [1.54, 1.807) is 13.2 Å². The summed E-state index contributed by atoms with van der Waals surface area (Å²) >= 11 is 3.84. The van der Waals surface area contributed by atoms with Crippen molar-refractivity contribution >= 4 is 41.2 Å². The van der Waals surface area contributed by atoms with Crippen LogP contribution in [-0.2, 0) is 9.53 Å². The van der Waals surface area contributed by atoms with Gasteiger partial charge in [0.1, 0.15) is 11.6 Å². The van der Waals surface area contributed by atoms with E-state index in [9.17, 15) is 10.1 Å². The number of nitriles is 1. The highest BCUT2D eigenvalue weighted by Crippen LogP contribution is 2.45. The molecule has 1 amide bonds.